The first-order chi connectivity index (χ1) is 15.1. The maximum absolute atomic E-state index is 12.8. The second kappa shape index (κ2) is 9.66. The summed E-state index contributed by atoms with van der Waals surface area (Å²) in [6.07, 6.45) is 0.436. The van der Waals surface area contributed by atoms with Crippen LogP contribution >= 0.6 is 11.3 Å². The lowest BCUT2D eigenvalue weighted by atomic mass is 10.1. The summed E-state index contributed by atoms with van der Waals surface area (Å²) >= 11 is 1.55. The average molecular weight is 437 g/mol. The minimum Gasteiger partial charge on any atom is -0.494 e. The van der Waals surface area contributed by atoms with Crippen molar-refractivity contribution in [2.75, 3.05) is 23.4 Å². The third kappa shape index (κ3) is 5.24. The van der Waals surface area contributed by atoms with Crippen molar-refractivity contribution >= 4 is 34.5 Å². The van der Waals surface area contributed by atoms with Gasteiger partial charge in [-0.05, 0) is 55.1 Å². The molecule has 1 aliphatic heterocycles. The Morgan fingerprint density at radius 2 is 2.00 bits per heavy atom. The van der Waals surface area contributed by atoms with Crippen molar-refractivity contribution in [1.82, 2.24) is 0 Å². The third-order valence-corrected chi connectivity index (χ3v) is 5.78. The summed E-state index contributed by atoms with van der Waals surface area (Å²) in [5.74, 6) is 1.24. The van der Waals surface area contributed by atoms with E-state index in [1.807, 2.05) is 47.8 Å². The highest BCUT2D eigenvalue weighted by atomic mass is 32.1. The number of carbonyl (C=O) groups is 2. The number of amides is 2. The Balaban J connectivity index is 1.42. The molecular weight excluding hydrogens is 412 g/mol. The molecule has 1 N–H and O–H groups in total. The van der Waals surface area contributed by atoms with E-state index in [0.717, 1.165) is 10.6 Å². The molecule has 1 unspecified atom stereocenters. The number of carbonyl (C=O) groups excluding carboxylic acids is 2. The fourth-order valence-corrected chi connectivity index (χ4v) is 4.12. The smallest absolute Gasteiger partial charge is 0.267 e. The molecular formula is C24H24N2O4S. The first-order valence-electron chi connectivity index (χ1n) is 10.2. The minimum absolute atomic E-state index is 0.0957. The van der Waals surface area contributed by atoms with Gasteiger partial charge in [-0.15, -0.1) is 11.3 Å². The van der Waals surface area contributed by atoms with Crippen LogP contribution in [0.15, 0.2) is 66.0 Å². The molecule has 2 heterocycles. The molecule has 0 bridgehead atoms. The molecule has 7 heteroatoms. The second-order valence-electron chi connectivity index (χ2n) is 7.25. The summed E-state index contributed by atoms with van der Waals surface area (Å²) < 4.78 is 11.5. The monoisotopic (exact) mass is 436 g/mol. The Morgan fingerprint density at radius 1 is 1.16 bits per heavy atom. The standard InChI is InChI=1S/C24H24N2O4S/c1-17-24(28)26(12-6-13-29-19-7-3-2-4-8-19)21-15-18(10-11-22(21)30-17)25-23(27)16-20-9-5-14-31-20/h2-5,7-11,14-15,17H,6,12-13,16H2,1H3,(H,25,27). The molecule has 1 aromatic heterocycles. The number of nitrogens with zero attached hydrogens (tertiary/aromatic N) is 1. The normalized spacial score (nSPS) is 15.2. The van der Waals surface area contributed by atoms with Gasteiger partial charge in [0.25, 0.3) is 5.91 Å². The Labute approximate surface area is 185 Å². The number of nitrogens with one attached hydrogen (secondary N) is 1. The third-order valence-electron chi connectivity index (χ3n) is 4.90. The van der Waals surface area contributed by atoms with Crippen molar-refractivity contribution in [2.24, 2.45) is 0 Å². The van der Waals surface area contributed by atoms with E-state index in [0.29, 0.717) is 43.1 Å². The topological polar surface area (TPSA) is 67.9 Å². The van der Waals surface area contributed by atoms with Crippen LogP contribution in [0.4, 0.5) is 11.4 Å². The van der Waals surface area contributed by atoms with Gasteiger partial charge in [0.2, 0.25) is 5.91 Å². The first kappa shape index (κ1) is 20.9. The summed E-state index contributed by atoms with van der Waals surface area (Å²) in [6, 6.07) is 18.8. The van der Waals surface area contributed by atoms with Crippen molar-refractivity contribution in [2.45, 2.75) is 25.9 Å². The van der Waals surface area contributed by atoms with Crippen LogP contribution in [0.25, 0.3) is 0 Å². The number of thiophene rings is 1. The van der Waals surface area contributed by atoms with Crippen molar-refractivity contribution in [3.63, 3.8) is 0 Å². The number of benzene rings is 2. The first-order valence-corrected chi connectivity index (χ1v) is 11.1. The number of hydrogen-bond donors (Lipinski definition) is 1. The molecule has 6 nitrogen and oxygen atoms in total. The minimum atomic E-state index is -0.554. The highest BCUT2D eigenvalue weighted by molar-refractivity contribution is 7.10. The van der Waals surface area contributed by atoms with E-state index in [-0.39, 0.29) is 11.8 Å². The molecule has 4 rings (SSSR count). The summed E-state index contributed by atoms with van der Waals surface area (Å²) in [6.45, 7) is 2.74. The largest absolute Gasteiger partial charge is 0.494 e. The summed E-state index contributed by atoms with van der Waals surface area (Å²) in [5.41, 5.74) is 1.30. The zero-order valence-electron chi connectivity index (χ0n) is 17.2. The van der Waals surface area contributed by atoms with E-state index in [9.17, 15) is 9.59 Å². The number of ether oxygens (including phenoxy) is 2. The van der Waals surface area contributed by atoms with Gasteiger partial charge in [-0.3, -0.25) is 9.59 Å². The lowest BCUT2D eigenvalue weighted by Crippen LogP contribution is -2.45. The van der Waals surface area contributed by atoms with Crippen LogP contribution in [-0.2, 0) is 16.0 Å². The van der Waals surface area contributed by atoms with Crippen molar-refractivity contribution < 1.29 is 19.1 Å². The van der Waals surface area contributed by atoms with Gasteiger partial charge in [0, 0.05) is 17.1 Å². The van der Waals surface area contributed by atoms with E-state index >= 15 is 0 Å². The van der Waals surface area contributed by atoms with Crippen LogP contribution in [0.2, 0.25) is 0 Å². The highest BCUT2D eigenvalue weighted by Crippen LogP contribution is 2.36. The zero-order valence-corrected chi connectivity index (χ0v) is 18.1. The van der Waals surface area contributed by atoms with Crippen LogP contribution in [0.3, 0.4) is 0 Å². The van der Waals surface area contributed by atoms with E-state index in [2.05, 4.69) is 5.32 Å². The van der Waals surface area contributed by atoms with Crippen molar-refractivity contribution in [3.8, 4) is 11.5 Å². The van der Waals surface area contributed by atoms with Crippen LogP contribution in [0.1, 0.15) is 18.2 Å². The molecule has 3 aromatic rings. The number of anilines is 2. The maximum Gasteiger partial charge on any atom is 0.267 e. The number of rotatable bonds is 8. The van der Waals surface area contributed by atoms with Gasteiger partial charge in [0.15, 0.2) is 6.10 Å². The lowest BCUT2D eigenvalue weighted by molar-refractivity contribution is -0.125. The van der Waals surface area contributed by atoms with Gasteiger partial charge in [0.1, 0.15) is 11.5 Å². The molecule has 0 spiro atoms. The SMILES string of the molecule is CC1Oc2ccc(NC(=O)Cc3cccs3)cc2N(CCCOc2ccccc2)C1=O. The fraction of sp³-hybridized carbons (Fsp3) is 0.250. The fourth-order valence-electron chi connectivity index (χ4n) is 3.42. The molecule has 0 saturated heterocycles. The molecule has 1 aliphatic rings. The van der Waals surface area contributed by atoms with E-state index in [4.69, 9.17) is 9.47 Å². The molecule has 0 aliphatic carbocycles. The molecule has 2 amide bonds. The number of para-hydroxylation sites is 1. The van der Waals surface area contributed by atoms with E-state index < -0.39 is 6.10 Å². The molecule has 1 atom stereocenters. The van der Waals surface area contributed by atoms with Crippen molar-refractivity contribution in [1.29, 1.82) is 0 Å². The second-order valence-corrected chi connectivity index (χ2v) is 8.28. The average Bonchev–Trinajstić information content (AvgIpc) is 3.27. The lowest BCUT2D eigenvalue weighted by Gasteiger charge is -2.33. The van der Waals surface area contributed by atoms with Crippen LogP contribution in [0, 0.1) is 0 Å². The van der Waals surface area contributed by atoms with E-state index in [1.54, 1.807) is 41.4 Å². The Kier molecular flexibility index (Phi) is 6.52. The zero-order chi connectivity index (χ0) is 21.6. The van der Waals surface area contributed by atoms with E-state index in [1.165, 1.54) is 0 Å². The van der Waals surface area contributed by atoms with Crippen molar-refractivity contribution in [3.05, 3.63) is 70.9 Å². The molecule has 0 radical (unpaired) electrons. The molecule has 160 valence electrons. The van der Waals surface area contributed by atoms with Gasteiger partial charge in [-0.2, -0.15) is 0 Å². The van der Waals surface area contributed by atoms with Gasteiger partial charge in [0.05, 0.1) is 18.7 Å². The highest BCUT2D eigenvalue weighted by Gasteiger charge is 2.31. The quantitative estimate of drug-likeness (QED) is 0.528. The Morgan fingerprint density at radius 3 is 2.77 bits per heavy atom. The number of hydrogen-bond acceptors (Lipinski definition) is 5. The predicted molar refractivity (Wildman–Crippen MR) is 122 cm³/mol. The van der Waals surface area contributed by atoms with Crippen LogP contribution in [-0.4, -0.2) is 31.1 Å². The van der Waals surface area contributed by atoms with Gasteiger partial charge >= 0.3 is 0 Å². The molecule has 0 fully saturated rings. The van der Waals surface area contributed by atoms with Gasteiger partial charge in [-0.1, -0.05) is 24.3 Å². The summed E-state index contributed by atoms with van der Waals surface area (Å²) in [4.78, 5) is 27.8. The van der Waals surface area contributed by atoms with Gasteiger partial charge < -0.3 is 19.7 Å². The predicted octanol–water partition coefficient (Wildman–Crippen LogP) is 4.51. The Hall–Kier alpha value is -3.32. The Bertz CT molecular complexity index is 1040. The summed E-state index contributed by atoms with van der Waals surface area (Å²) in [7, 11) is 0. The van der Waals surface area contributed by atoms with Gasteiger partial charge in [-0.25, -0.2) is 0 Å². The summed E-state index contributed by atoms with van der Waals surface area (Å²) in [5, 5.41) is 4.86. The van der Waals surface area contributed by atoms with Crippen LogP contribution < -0.4 is 19.7 Å². The molecule has 31 heavy (non-hydrogen) atoms. The maximum atomic E-state index is 12.8. The number of fused-ring (bicyclic) bond motifs is 1. The molecule has 2 aromatic carbocycles. The van der Waals surface area contributed by atoms with Crippen LogP contribution in [0.5, 0.6) is 11.5 Å². The molecule has 0 saturated carbocycles.